The monoisotopic (exact) mass is 454 g/mol. The van der Waals surface area contributed by atoms with Gasteiger partial charge < -0.3 is 9.47 Å². The first-order valence-electron chi connectivity index (χ1n) is 11.9. The standard InChI is InChI=1S/C30H30O4/c1-2-33-29(32)30(21-12-11-19-28(30)31)26-17-9-10-18-27(26)34-22-20-25(23-13-5-3-6-14-23)24-15-7-4-8-16-24/h3-10,13-18,20H,2,11-12,19,21-22H2,1H3. The van der Waals surface area contributed by atoms with Crippen LogP contribution >= 0.6 is 0 Å². The van der Waals surface area contributed by atoms with Crippen LogP contribution in [0.4, 0.5) is 0 Å². The van der Waals surface area contributed by atoms with Gasteiger partial charge in [0.2, 0.25) is 0 Å². The van der Waals surface area contributed by atoms with Crippen LogP contribution in [0.15, 0.2) is 91.0 Å². The van der Waals surface area contributed by atoms with Crippen LogP contribution in [0.3, 0.4) is 0 Å². The Morgan fingerprint density at radius 3 is 2.12 bits per heavy atom. The van der Waals surface area contributed by atoms with Crippen molar-refractivity contribution in [3.63, 3.8) is 0 Å². The number of hydrogen-bond acceptors (Lipinski definition) is 4. The van der Waals surface area contributed by atoms with E-state index in [1.54, 1.807) is 6.92 Å². The van der Waals surface area contributed by atoms with Gasteiger partial charge in [-0.1, -0.05) is 85.3 Å². The molecule has 1 aliphatic rings. The Morgan fingerprint density at radius 1 is 0.882 bits per heavy atom. The van der Waals surface area contributed by atoms with Crippen LogP contribution in [0.5, 0.6) is 5.75 Å². The Labute approximate surface area is 201 Å². The molecule has 1 aliphatic carbocycles. The summed E-state index contributed by atoms with van der Waals surface area (Å²) < 4.78 is 11.6. The van der Waals surface area contributed by atoms with E-state index < -0.39 is 11.4 Å². The summed E-state index contributed by atoms with van der Waals surface area (Å²) >= 11 is 0. The molecule has 0 aromatic heterocycles. The van der Waals surface area contributed by atoms with E-state index in [1.807, 2.05) is 66.7 Å². The van der Waals surface area contributed by atoms with Crippen LogP contribution in [0.1, 0.15) is 49.3 Å². The summed E-state index contributed by atoms with van der Waals surface area (Å²) in [5.74, 6) is -0.0128. The third kappa shape index (κ3) is 4.81. The molecule has 4 rings (SSSR count). The number of benzene rings is 3. The van der Waals surface area contributed by atoms with Crippen molar-refractivity contribution in [3.05, 3.63) is 108 Å². The molecule has 0 bridgehead atoms. The van der Waals surface area contributed by atoms with Crippen LogP contribution in [-0.2, 0) is 19.7 Å². The molecule has 1 unspecified atom stereocenters. The molecule has 1 fully saturated rings. The Hall–Kier alpha value is -3.66. The lowest BCUT2D eigenvalue weighted by atomic mass is 9.68. The fraction of sp³-hybridized carbons (Fsp3) is 0.267. The normalized spacial score (nSPS) is 17.6. The quantitative estimate of drug-likeness (QED) is 0.303. The van der Waals surface area contributed by atoms with Crippen molar-refractivity contribution >= 4 is 17.3 Å². The van der Waals surface area contributed by atoms with Gasteiger partial charge in [0, 0.05) is 12.0 Å². The van der Waals surface area contributed by atoms with Gasteiger partial charge in [-0.15, -0.1) is 0 Å². The minimum Gasteiger partial charge on any atom is -0.489 e. The maximum Gasteiger partial charge on any atom is 0.324 e. The fourth-order valence-corrected chi connectivity index (χ4v) is 4.69. The van der Waals surface area contributed by atoms with Crippen molar-refractivity contribution in [2.24, 2.45) is 0 Å². The van der Waals surface area contributed by atoms with Crippen LogP contribution in [0.2, 0.25) is 0 Å². The van der Waals surface area contributed by atoms with Crippen molar-refractivity contribution in [1.29, 1.82) is 0 Å². The van der Waals surface area contributed by atoms with E-state index >= 15 is 0 Å². The maximum atomic E-state index is 13.2. The molecule has 3 aromatic carbocycles. The second-order valence-electron chi connectivity index (χ2n) is 8.41. The molecule has 0 spiro atoms. The highest BCUT2D eigenvalue weighted by Crippen LogP contribution is 2.42. The average Bonchev–Trinajstić information content (AvgIpc) is 2.88. The molecule has 0 heterocycles. The number of carbonyl (C=O) groups is 2. The van der Waals surface area contributed by atoms with E-state index in [1.165, 1.54) is 0 Å². The third-order valence-corrected chi connectivity index (χ3v) is 6.35. The van der Waals surface area contributed by atoms with Crippen molar-refractivity contribution in [2.75, 3.05) is 13.2 Å². The van der Waals surface area contributed by atoms with Gasteiger partial charge in [0.1, 0.15) is 12.4 Å². The number of rotatable bonds is 8. The Balaban J connectivity index is 1.67. The van der Waals surface area contributed by atoms with Gasteiger partial charge in [-0.25, -0.2) is 0 Å². The number of carbonyl (C=O) groups excluding carboxylic acids is 2. The Bertz CT molecular complexity index is 1110. The van der Waals surface area contributed by atoms with Gasteiger partial charge >= 0.3 is 5.97 Å². The van der Waals surface area contributed by atoms with Gasteiger partial charge in [-0.2, -0.15) is 0 Å². The average molecular weight is 455 g/mol. The first-order chi connectivity index (χ1) is 16.7. The highest BCUT2D eigenvalue weighted by atomic mass is 16.5. The molecule has 0 N–H and O–H groups in total. The number of ketones is 1. The lowest BCUT2D eigenvalue weighted by Crippen LogP contribution is -2.47. The minimum absolute atomic E-state index is 0.0851. The van der Waals surface area contributed by atoms with Gasteiger partial charge in [0.25, 0.3) is 0 Å². The van der Waals surface area contributed by atoms with E-state index in [0.29, 0.717) is 30.8 Å². The van der Waals surface area contributed by atoms with Crippen molar-refractivity contribution in [2.45, 2.75) is 38.0 Å². The highest BCUT2D eigenvalue weighted by Gasteiger charge is 2.51. The van der Waals surface area contributed by atoms with Gasteiger partial charge in [0.05, 0.1) is 6.61 Å². The predicted octanol–water partition coefficient (Wildman–Crippen LogP) is 6.14. The number of hydrogen-bond donors (Lipinski definition) is 0. The first-order valence-corrected chi connectivity index (χ1v) is 11.9. The second-order valence-corrected chi connectivity index (χ2v) is 8.41. The molecule has 1 saturated carbocycles. The van der Waals surface area contributed by atoms with Crippen LogP contribution in [0.25, 0.3) is 5.57 Å². The van der Waals surface area contributed by atoms with E-state index in [2.05, 4.69) is 24.3 Å². The molecule has 34 heavy (non-hydrogen) atoms. The number of Topliss-reactive ketones (excluding diaryl/α,β-unsaturated/α-hetero) is 1. The zero-order valence-electron chi connectivity index (χ0n) is 19.5. The van der Waals surface area contributed by atoms with Crippen molar-refractivity contribution in [3.8, 4) is 5.75 Å². The molecule has 1 atom stereocenters. The summed E-state index contributed by atoms with van der Waals surface area (Å²) in [6, 6.07) is 27.7. The lowest BCUT2D eigenvalue weighted by Gasteiger charge is -2.34. The number of esters is 1. The summed E-state index contributed by atoms with van der Waals surface area (Å²) in [7, 11) is 0. The Morgan fingerprint density at radius 2 is 1.50 bits per heavy atom. The fourth-order valence-electron chi connectivity index (χ4n) is 4.69. The zero-order valence-corrected chi connectivity index (χ0v) is 19.5. The van der Waals surface area contributed by atoms with Crippen LogP contribution in [-0.4, -0.2) is 25.0 Å². The highest BCUT2D eigenvalue weighted by molar-refractivity contribution is 6.10. The van der Waals surface area contributed by atoms with Gasteiger partial charge in [0.15, 0.2) is 11.2 Å². The second kappa shape index (κ2) is 11.0. The molecular weight excluding hydrogens is 424 g/mol. The smallest absolute Gasteiger partial charge is 0.324 e. The van der Waals surface area contributed by atoms with E-state index in [9.17, 15) is 9.59 Å². The molecule has 4 nitrogen and oxygen atoms in total. The van der Waals surface area contributed by atoms with E-state index in [-0.39, 0.29) is 12.4 Å². The van der Waals surface area contributed by atoms with Gasteiger partial charge in [-0.05, 0) is 48.6 Å². The largest absolute Gasteiger partial charge is 0.489 e. The van der Waals surface area contributed by atoms with Crippen LogP contribution < -0.4 is 4.74 Å². The molecule has 0 saturated heterocycles. The summed E-state index contributed by atoms with van der Waals surface area (Å²) in [5, 5.41) is 0. The first kappa shape index (κ1) is 23.5. The lowest BCUT2D eigenvalue weighted by molar-refractivity contribution is -0.155. The third-order valence-electron chi connectivity index (χ3n) is 6.35. The molecule has 3 aromatic rings. The van der Waals surface area contributed by atoms with E-state index in [0.717, 1.165) is 29.5 Å². The zero-order chi connectivity index (χ0) is 23.8. The summed E-state index contributed by atoms with van der Waals surface area (Å²) in [6.07, 6.45) is 4.45. The minimum atomic E-state index is -1.30. The van der Waals surface area contributed by atoms with Crippen LogP contribution in [0, 0.1) is 0 Å². The molecule has 0 aliphatic heterocycles. The molecular formula is C30H30O4. The predicted molar refractivity (Wildman–Crippen MR) is 134 cm³/mol. The number of ether oxygens (including phenoxy) is 2. The molecule has 0 radical (unpaired) electrons. The molecule has 4 heteroatoms. The Kier molecular flexibility index (Phi) is 7.58. The van der Waals surface area contributed by atoms with Crippen molar-refractivity contribution < 1.29 is 19.1 Å². The maximum absolute atomic E-state index is 13.2. The molecule has 174 valence electrons. The summed E-state index contributed by atoms with van der Waals surface area (Å²) in [4.78, 5) is 26.3. The summed E-state index contributed by atoms with van der Waals surface area (Å²) in [5.41, 5.74) is 2.56. The number of para-hydroxylation sites is 1. The molecule has 0 amide bonds. The van der Waals surface area contributed by atoms with E-state index in [4.69, 9.17) is 9.47 Å². The topological polar surface area (TPSA) is 52.6 Å². The SMILES string of the molecule is CCOC(=O)C1(c2ccccc2OCC=C(c2ccccc2)c2ccccc2)CCCCC1=O. The van der Waals surface area contributed by atoms with Crippen molar-refractivity contribution in [1.82, 2.24) is 0 Å². The van der Waals surface area contributed by atoms with Gasteiger partial charge in [-0.3, -0.25) is 9.59 Å². The summed E-state index contributed by atoms with van der Waals surface area (Å²) in [6.45, 7) is 2.29.